The molecule has 0 rings (SSSR count). The minimum absolute atomic E-state index is 0. The van der Waals surface area contributed by atoms with Crippen molar-refractivity contribution in [1.82, 2.24) is 0 Å². The van der Waals surface area contributed by atoms with E-state index in [1.807, 2.05) is 13.8 Å². The second-order valence-electron chi connectivity index (χ2n) is 2.40. The number of rotatable bonds is 4. The molecule has 0 fully saturated rings. The zero-order chi connectivity index (χ0) is 10.9. The molecule has 0 aromatic heterocycles. The standard InChI is InChI=1S/2C4H9O.C2H5O.Ti/c2*1-2-3-4-5;1-2-3;/h2*2-4H2,1H3;2H2,1H3;/q3*-1;+3. The Kier molecular flexibility index (Phi) is 64.2. The first kappa shape index (κ1) is 24.0. The molecule has 3 nitrogen and oxygen atoms in total. The van der Waals surface area contributed by atoms with Crippen LogP contribution in [0.3, 0.4) is 0 Å². The maximum absolute atomic E-state index is 9.53. The van der Waals surface area contributed by atoms with Crippen LogP contribution >= 0.6 is 0 Å². The topological polar surface area (TPSA) is 69.2 Å². The van der Waals surface area contributed by atoms with Crippen LogP contribution in [0.4, 0.5) is 0 Å². The van der Waals surface area contributed by atoms with Crippen LogP contribution in [0.5, 0.6) is 0 Å². The van der Waals surface area contributed by atoms with E-state index in [9.17, 15) is 10.2 Å². The molecular formula is C10H23O3Ti. The molecule has 0 aliphatic carbocycles. The molecular weight excluding hydrogens is 216 g/mol. The van der Waals surface area contributed by atoms with Crippen LogP contribution in [-0.4, -0.2) is 19.8 Å². The van der Waals surface area contributed by atoms with Crippen molar-refractivity contribution in [3.05, 3.63) is 0 Å². The quantitative estimate of drug-likeness (QED) is 0.630. The van der Waals surface area contributed by atoms with Crippen LogP contribution < -0.4 is 15.3 Å². The van der Waals surface area contributed by atoms with Gasteiger partial charge in [0, 0.05) is 0 Å². The largest absolute Gasteiger partial charge is 3.00 e. The van der Waals surface area contributed by atoms with Crippen molar-refractivity contribution in [2.45, 2.75) is 46.5 Å². The first-order chi connectivity index (χ1) is 6.24. The van der Waals surface area contributed by atoms with E-state index in [0.29, 0.717) is 0 Å². The van der Waals surface area contributed by atoms with Gasteiger partial charge in [0.2, 0.25) is 0 Å². The summed E-state index contributed by atoms with van der Waals surface area (Å²) >= 11 is 0. The zero-order valence-corrected chi connectivity index (χ0v) is 11.2. The Morgan fingerprint density at radius 1 is 0.714 bits per heavy atom. The maximum atomic E-state index is 9.53. The molecule has 0 bridgehead atoms. The molecule has 4 heteroatoms. The summed E-state index contributed by atoms with van der Waals surface area (Å²) in [5.41, 5.74) is 0. The number of unbranched alkanes of at least 4 members (excludes halogenated alkanes) is 2. The summed E-state index contributed by atoms with van der Waals surface area (Å²) in [7, 11) is 0. The van der Waals surface area contributed by atoms with E-state index in [1.165, 1.54) is 0 Å². The summed E-state index contributed by atoms with van der Waals surface area (Å²) in [4.78, 5) is 0. The van der Waals surface area contributed by atoms with Gasteiger partial charge in [-0.2, -0.15) is 0 Å². The number of hydrogen-bond acceptors (Lipinski definition) is 3. The third-order valence-corrected chi connectivity index (χ3v) is 0.996. The molecule has 0 aliphatic heterocycles. The molecule has 0 unspecified atom stereocenters. The normalized spacial score (nSPS) is 7.29. The summed E-state index contributed by atoms with van der Waals surface area (Å²) in [6.45, 7) is 5.78. The van der Waals surface area contributed by atoms with Crippen molar-refractivity contribution in [3.63, 3.8) is 0 Å². The van der Waals surface area contributed by atoms with Gasteiger partial charge < -0.3 is 15.3 Å². The molecule has 0 spiro atoms. The SMILES string of the molecule is CCCC[O-].CCCC[O-].CC[O-].[Ti+3]. The first-order valence-corrected chi connectivity index (χ1v) is 4.99. The Morgan fingerprint density at radius 3 is 0.929 bits per heavy atom. The predicted octanol–water partition coefficient (Wildman–Crippen LogP) is -0.342. The Bertz CT molecular complexity index is 44.6. The average Bonchev–Trinajstić information content (AvgIpc) is 2.09. The molecule has 0 aromatic rings. The van der Waals surface area contributed by atoms with Crippen LogP contribution in [0, 0.1) is 0 Å². The monoisotopic (exact) mass is 239 g/mol. The van der Waals surface area contributed by atoms with Crippen LogP contribution in [0.2, 0.25) is 0 Å². The van der Waals surface area contributed by atoms with E-state index >= 15 is 0 Å². The second-order valence-corrected chi connectivity index (χ2v) is 2.40. The zero-order valence-electron chi connectivity index (χ0n) is 9.67. The molecule has 0 atom stereocenters. The fraction of sp³-hybridized carbons (Fsp3) is 1.00. The van der Waals surface area contributed by atoms with Crippen molar-refractivity contribution >= 4 is 0 Å². The number of hydrogen-bond donors (Lipinski definition) is 0. The molecule has 0 aliphatic rings. The first-order valence-electron chi connectivity index (χ1n) is 4.99. The molecule has 0 heterocycles. The third-order valence-electron chi connectivity index (χ3n) is 0.996. The van der Waals surface area contributed by atoms with Crippen LogP contribution in [0.25, 0.3) is 0 Å². The molecule has 1 radical (unpaired) electrons. The minimum atomic E-state index is 0. The van der Waals surface area contributed by atoms with Crippen molar-refractivity contribution in [1.29, 1.82) is 0 Å². The molecule has 0 saturated carbocycles. The Morgan fingerprint density at radius 2 is 0.929 bits per heavy atom. The summed E-state index contributed by atoms with van der Waals surface area (Å²) in [5, 5.41) is 28.0. The minimum Gasteiger partial charge on any atom is -0.855 e. The van der Waals surface area contributed by atoms with Crippen LogP contribution in [-0.2, 0) is 21.7 Å². The van der Waals surface area contributed by atoms with Crippen LogP contribution in [0.1, 0.15) is 46.5 Å². The van der Waals surface area contributed by atoms with Gasteiger partial charge in [0.25, 0.3) is 0 Å². The van der Waals surface area contributed by atoms with Gasteiger partial charge in [-0.25, -0.2) is 0 Å². The van der Waals surface area contributed by atoms with Crippen LogP contribution in [0.15, 0.2) is 0 Å². The van der Waals surface area contributed by atoms with Gasteiger partial charge >= 0.3 is 21.7 Å². The maximum Gasteiger partial charge on any atom is 3.00 e. The summed E-state index contributed by atoms with van der Waals surface area (Å²) in [6.07, 6.45) is 3.73. The molecule has 0 aromatic carbocycles. The van der Waals surface area contributed by atoms with Crippen molar-refractivity contribution in [2.75, 3.05) is 19.8 Å². The molecule has 14 heavy (non-hydrogen) atoms. The van der Waals surface area contributed by atoms with Gasteiger partial charge in [0.05, 0.1) is 0 Å². The second kappa shape index (κ2) is 37.4. The molecule has 0 saturated heterocycles. The van der Waals surface area contributed by atoms with Crippen molar-refractivity contribution in [3.8, 4) is 0 Å². The summed E-state index contributed by atoms with van der Waals surface area (Å²) in [5.74, 6) is 0. The molecule has 85 valence electrons. The van der Waals surface area contributed by atoms with E-state index in [0.717, 1.165) is 25.7 Å². The van der Waals surface area contributed by atoms with Gasteiger partial charge in [0.1, 0.15) is 0 Å². The van der Waals surface area contributed by atoms with Crippen molar-refractivity contribution in [2.24, 2.45) is 0 Å². The predicted molar refractivity (Wildman–Crippen MR) is 50.1 cm³/mol. The Hall–Kier alpha value is 0.594. The summed E-state index contributed by atoms with van der Waals surface area (Å²) in [6, 6.07) is 0. The molecule has 0 N–H and O–H groups in total. The van der Waals surface area contributed by atoms with Gasteiger partial charge in [-0.05, 0) is 0 Å². The Labute approximate surface area is 103 Å². The van der Waals surface area contributed by atoms with Gasteiger partial charge in [-0.1, -0.05) is 46.5 Å². The van der Waals surface area contributed by atoms with E-state index in [1.54, 1.807) is 6.92 Å². The fourth-order valence-electron chi connectivity index (χ4n) is 0.289. The summed E-state index contributed by atoms with van der Waals surface area (Å²) < 4.78 is 0. The average molecular weight is 239 g/mol. The van der Waals surface area contributed by atoms with Crippen molar-refractivity contribution < 1.29 is 37.0 Å². The Balaban J connectivity index is -0.0000000535. The fourth-order valence-corrected chi connectivity index (χ4v) is 0.289. The van der Waals surface area contributed by atoms with E-state index in [-0.39, 0.29) is 41.5 Å². The van der Waals surface area contributed by atoms with E-state index < -0.39 is 0 Å². The van der Waals surface area contributed by atoms with E-state index in [2.05, 4.69) is 0 Å². The van der Waals surface area contributed by atoms with E-state index in [4.69, 9.17) is 5.11 Å². The smallest absolute Gasteiger partial charge is 0.855 e. The molecule has 0 amide bonds. The van der Waals surface area contributed by atoms with Gasteiger partial charge in [-0.15, -0.1) is 19.8 Å². The third kappa shape index (κ3) is 80.2. The van der Waals surface area contributed by atoms with Gasteiger partial charge in [0.15, 0.2) is 0 Å². The van der Waals surface area contributed by atoms with Gasteiger partial charge in [-0.3, -0.25) is 0 Å².